The molecule has 3 heterocycles. The Morgan fingerprint density at radius 1 is 1.22 bits per heavy atom. The number of para-hydroxylation sites is 1. The topological polar surface area (TPSA) is 138 Å². The predicted molar refractivity (Wildman–Crippen MR) is 131 cm³/mol. The van der Waals surface area contributed by atoms with Gasteiger partial charge in [0.25, 0.3) is 5.91 Å². The fraction of sp³-hybridized carbons (Fsp3) is 0.320. The average Bonchev–Trinajstić information content (AvgIpc) is 3.42. The Morgan fingerprint density at radius 3 is 2.78 bits per heavy atom. The number of quaternary nitrogens is 1. The van der Waals surface area contributed by atoms with Gasteiger partial charge >= 0.3 is 6.09 Å². The Labute approximate surface area is 207 Å². The average molecular weight is 493 g/mol. The van der Waals surface area contributed by atoms with E-state index in [0.29, 0.717) is 50.1 Å². The fourth-order valence-electron chi connectivity index (χ4n) is 4.84. The van der Waals surface area contributed by atoms with Gasteiger partial charge in [0.1, 0.15) is 12.3 Å². The summed E-state index contributed by atoms with van der Waals surface area (Å²) in [5, 5.41) is 23.7. The van der Waals surface area contributed by atoms with Crippen molar-refractivity contribution in [2.24, 2.45) is 0 Å². The van der Waals surface area contributed by atoms with Gasteiger partial charge in [-0.3, -0.25) is 9.69 Å². The van der Waals surface area contributed by atoms with Crippen molar-refractivity contribution in [1.82, 2.24) is 15.3 Å². The molecule has 0 radical (unpaired) electrons. The number of hydrogen-bond acceptors (Lipinski definition) is 7. The van der Waals surface area contributed by atoms with Crippen LogP contribution >= 0.6 is 0 Å². The number of piperidine rings is 1. The number of rotatable bonds is 7. The number of cyclic esters (lactones) is 1. The third-order valence-corrected chi connectivity index (χ3v) is 6.69. The zero-order valence-corrected chi connectivity index (χ0v) is 19.6. The van der Waals surface area contributed by atoms with Gasteiger partial charge in [0.2, 0.25) is 0 Å². The molecule has 36 heavy (non-hydrogen) atoms. The molecule has 2 amide bonds. The standard InChI is InChI=1S/C25H28N6O5/c32-24(27-10-7-19-14-26-16-28-19)17-5-6-22(23(13-17)31(34)35)29-11-8-20(9-12-29)30-21-4-2-1-3-18(21)15-36-25(30)33/h1-6,13-14,16,20,31,34H,7-12,15H2,(H,26,28)(H,27,32). The maximum absolute atomic E-state index is 12.6. The van der Waals surface area contributed by atoms with Crippen LogP contribution in [0.5, 0.6) is 0 Å². The van der Waals surface area contributed by atoms with Crippen molar-refractivity contribution < 1.29 is 24.8 Å². The number of hydrogen-bond donors (Lipinski definition) is 4. The normalized spacial score (nSPS) is 16.9. The number of aromatic amines is 1. The van der Waals surface area contributed by atoms with Crippen LogP contribution in [0.4, 0.5) is 21.9 Å². The molecular weight excluding hydrogens is 464 g/mol. The third kappa shape index (κ3) is 4.89. The summed E-state index contributed by atoms with van der Waals surface area (Å²) in [6.07, 6.45) is 4.85. The highest BCUT2D eigenvalue weighted by atomic mass is 16.8. The fourth-order valence-corrected chi connectivity index (χ4v) is 4.84. The molecule has 0 spiro atoms. The molecule has 4 N–H and O–H groups in total. The van der Waals surface area contributed by atoms with Gasteiger partial charge in [0.15, 0.2) is 5.69 Å². The summed E-state index contributed by atoms with van der Waals surface area (Å²) in [6, 6.07) is 12.5. The zero-order chi connectivity index (χ0) is 25.1. The summed E-state index contributed by atoms with van der Waals surface area (Å²) in [5.41, 5.74) is 3.70. The van der Waals surface area contributed by atoms with E-state index in [9.17, 15) is 20.0 Å². The molecule has 11 heteroatoms. The minimum Gasteiger partial charge on any atom is -0.595 e. The Balaban J connectivity index is 1.25. The van der Waals surface area contributed by atoms with Gasteiger partial charge in [0.05, 0.1) is 12.0 Å². The molecule has 3 aromatic rings. The molecule has 2 aliphatic rings. The molecular formula is C25H28N6O5. The van der Waals surface area contributed by atoms with Crippen LogP contribution in [-0.2, 0) is 17.8 Å². The number of benzene rings is 2. The highest BCUT2D eigenvalue weighted by molar-refractivity contribution is 5.95. The molecule has 5 rings (SSSR count). The summed E-state index contributed by atoms with van der Waals surface area (Å²) in [5.74, 6) is -0.329. The number of anilines is 2. The number of carbonyl (C=O) groups excluding carboxylic acids is 2. The molecule has 1 unspecified atom stereocenters. The molecule has 2 aliphatic heterocycles. The van der Waals surface area contributed by atoms with E-state index in [4.69, 9.17) is 4.74 Å². The number of aromatic nitrogens is 2. The summed E-state index contributed by atoms with van der Waals surface area (Å²) in [6.45, 7) is 1.83. The van der Waals surface area contributed by atoms with Gasteiger partial charge in [0, 0.05) is 61.2 Å². The van der Waals surface area contributed by atoms with E-state index >= 15 is 0 Å². The minimum atomic E-state index is -1.09. The first kappa shape index (κ1) is 23.8. The van der Waals surface area contributed by atoms with E-state index < -0.39 is 5.23 Å². The molecule has 0 bridgehead atoms. The van der Waals surface area contributed by atoms with Crippen LogP contribution in [0, 0.1) is 5.21 Å². The number of imidazole rings is 1. The lowest BCUT2D eigenvalue weighted by Gasteiger charge is -2.41. The van der Waals surface area contributed by atoms with Crippen molar-refractivity contribution in [3.8, 4) is 0 Å². The van der Waals surface area contributed by atoms with Gasteiger partial charge in [-0.1, -0.05) is 18.2 Å². The molecule has 1 fully saturated rings. The first-order valence-corrected chi connectivity index (χ1v) is 11.9. The smallest absolute Gasteiger partial charge is 0.414 e. The molecule has 11 nitrogen and oxygen atoms in total. The SMILES string of the molecule is O=C(NCCc1cnc[nH]1)c1ccc(N2CCC(N3C(=O)OCc4ccccc43)CC2)c([NH+]([O-])O)c1. The second-order valence-corrected chi connectivity index (χ2v) is 8.89. The van der Waals surface area contributed by atoms with Crippen molar-refractivity contribution in [3.63, 3.8) is 0 Å². The van der Waals surface area contributed by atoms with Crippen molar-refractivity contribution >= 4 is 29.1 Å². The van der Waals surface area contributed by atoms with Crippen LogP contribution < -0.4 is 20.3 Å². The lowest BCUT2D eigenvalue weighted by molar-refractivity contribution is -0.990. The molecule has 188 valence electrons. The quantitative estimate of drug-likeness (QED) is 0.370. The number of H-pyrrole nitrogens is 1. The van der Waals surface area contributed by atoms with Crippen LogP contribution in [0.1, 0.15) is 34.5 Å². The third-order valence-electron chi connectivity index (χ3n) is 6.69. The maximum Gasteiger partial charge on any atom is 0.414 e. The van der Waals surface area contributed by atoms with Crippen molar-refractivity contribution in [2.45, 2.75) is 31.9 Å². The van der Waals surface area contributed by atoms with E-state index in [2.05, 4.69) is 15.3 Å². The van der Waals surface area contributed by atoms with E-state index in [0.717, 1.165) is 16.9 Å². The van der Waals surface area contributed by atoms with Gasteiger partial charge in [-0.15, -0.1) is 0 Å². The minimum absolute atomic E-state index is 0.0385. The number of ether oxygens (including phenoxy) is 1. The summed E-state index contributed by atoms with van der Waals surface area (Å²) >= 11 is 0. The Hall–Kier alpha value is -3.93. The van der Waals surface area contributed by atoms with Crippen LogP contribution in [0.25, 0.3) is 0 Å². The molecule has 1 saturated heterocycles. The van der Waals surface area contributed by atoms with Crippen LogP contribution in [0.15, 0.2) is 55.0 Å². The Morgan fingerprint density at radius 2 is 2.03 bits per heavy atom. The van der Waals surface area contributed by atoms with Gasteiger partial charge < -0.3 is 25.1 Å². The summed E-state index contributed by atoms with van der Waals surface area (Å²) in [7, 11) is 0. The Kier molecular flexibility index (Phi) is 6.85. The van der Waals surface area contributed by atoms with Crippen LogP contribution in [0.2, 0.25) is 0 Å². The molecule has 2 aromatic carbocycles. The largest absolute Gasteiger partial charge is 0.595 e. The molecule has 1 aromatic heterocycles. The highest BCUT2D eigenvalue weighted by Gasteiger charge is 2.35. The van der Waals surface area contributed by atoms with Gasteiger partial charge in [-0.2, -0.15) is 5.23 Å². The van der Waals surface area contributed by atoms with Crippen LogP contribution in [-0.4, -0.2) is 52.9 Å². The second kappa shape index (κ2) is 10.4. The number of fused-ring (bicyclic) bond motifs is 1. The van der Waals surface area contributed by atoms with Crippen molar-refractivity contribution in [3.05, 3.63) is 77.0 Å². The van der Waals surface area contributed by atoms with E-state index in [1.807, 2.05) is 29.2 Å². The lowest BCUT2D eigenvalue weighted by atomic mass is 9.99. The van der Waals surface area contributed by atoms with Gasteiger partial charge in [-0.05, 0) is 31.0 Å². The highest BCUT2D eigenvalue weighted by Crippen LogP contribution is 2.34. The lowest BCUT2D eigenvalue weighted by Crippen LogP contribution is -2.99. The molecule has 0 aliphatic carbocycles. The predicted octanol–water partition coefficient (Wildman–Crippen LogP) is 1.91. The van der Waals surface area contributed by atoms with Crippen molar-refractivity contribution in [2.75, 3.05) is 29.4 Å². The number of nitrogens with zero attached hydrogens (tertiary/aromatic N) is 3. The first-order chi connectivity index (χ1) is 17.5. The van der Waals surface area contributed by atoms with Gasteiger partial charge in [-0.25, -0.2) is 15.0 Å². The number of carbonyl (C=O) groups is 2. The summed E-state index contributed by atoms with van der Waals surface area (Å²) in [4.78, 5) is 35.8. The van der Waals surface area contributed by atoms with E-state index in [1.165, 1.54) is 6.07 Å². The van der Waals surface area contributed by atoms with Crippen molar-refractivity contribution in [1.29, 1.82) is 0 Å². The van der Waals surface area contributed by atoms with E-state index in [1.54, 1.807) is 29.6 Å². The van der Waals surface area contributed by atoms with E-state index in [-0.39, 0.29) is 30.3 Å². The molecule has 0 saturated carbocycles. The second-order valence-electron chi connectivity index (χ2n) is 8.89. The van der Waals surface area contributed by atoms with Crippen LogP contribution in [0.3, 0.4) is 0 Å². The Bertz CT molecular complexity index is 1220. The number of amides is 2. The first-order valence-electron chi connectivity index (χ1n) is 11.9. The molecule has 1 atom stereocenters. The monoisotopic (exact) mass is 492 g/mol. The zero-order valence-electron chi connectivity index (χ0n) is 19.6. The summed E-state index contributed by atoms with van der Waals surface area (Å²) < 4.78 is 5.37. The maximum atomic E-state index is 12.6. The number of nitrogens with one attached hydrogen (secondary N) is 3.